The van der Waals surface area contributed by atoms with Gasteiger partial charge in [0.2, 0.25) is 5.91 Å². The number of methoxy groups -OCH3 is 1. The van der Waals surface area contributed by atoms with Gasteiger partial charge < -0.3 is 14.8 Å². The van der Waals surface area contributed by atoms with E-state index in [2.05, 4.69) is 15.5 Å². The first-order valence-corrected chi connectivity index (χ1v) is 13.8. The molecule has 2 aliphatic rings. The van der Waals surface area contributed by atoms with E-state index in [0.29, 0.717) is 31.7 Å². The third-order valence-electron chi connectivity index (χ3n) is 7.50. The number of esters is 1. The molecule has 0 bridgehead atoms. The summed E-state index contributed by atoms with van der Waals surface area (Å²) in [5.41, 5.74) is 3.25. The second-order valence-electron chi connectivity index (χ2n) is 11.6. The van der Waals surface area contributed by atoms with Crippen molar-refractivity contribution in [3.8, 4) is 0 Å². The Bertz CT molecular complexity index is 955. The third-order valence-corrected chi connectivity index (χ3v) is 7.50. The minimum atomic E-state index is -0.830. The van der Waals surface area contributed by atoms with Crippen LogP contribution in [0.15, 0.2) is 30.3 Å². The number of ether oxygens (including phenoxy) is 2. The molecule has 3 atom stereocenters. The van der Waals surface area contributed by atoms with E-state index in [1.54, 1.807) is 0 Å². The topological polar surface area (TPSA) is 114 Å². The lowest BCUT2D eigenvalue weighted by Crippen LogP contribution is -2.54. The first-order valence-electron chi connectivity index (χ1n) is 13.8. The van der Waals surface area contributed by atoms with Crippen molar-refractivity contribution in [3.05, 3.63) is 35.9 Å². The number of alkyl carbamates (subject to hydrolysis) is 1. The second-order valence-corrected chi connectivity index (χ2v) is 11.6. The number of rotatable bonds is 10. The molecule has 38 heavy (non-hydrogen) atoms. The van der Waals surface area contributed by atoms with E-state index >= 15 is 0 Å². The maximum atomic E-state index is 13.4. The van der Waals surface area contributed by atoms with Crippen molar-refractivity contribution >= 4 is 23.9 Å². The van der Waals surface area contributed by atoms with Crippen LogP contribution in [0.1, 0.15) is 90.2 Å². The van der Waals surface area contributed by atoms with E-state index in [1.807, 2.05) is 51.1 Å². The SMILES string of the molecule is COC(=O)CC[C@H]1CCN(NC(=O)[C@H](CC2CCCCC2)NC(=O)OC(c2ccccc2)C(C)(C)C)C1=O. The molecule has 9 heteroatoms. The average molecular weight is 530 g/mol. The molecule has 1 aliphatic carbocycles. The lowest BCUT2D eigenvalue weighted by molar-refractivity contribution is -0.143. The molecular weight excluding hydrogens is 486 g/mol. The van der Waals surface area contributed by atoms with Crippen molar-refractivity contribution in [2.75, 3.05) is 13.7 Å². The first kappa shape index (κ1) is 29.5. The zero-order valence-corrected chi connectivity index (χ0v) is 23.2. The Morgan fingerprint density at radius 3 is 2.37 bits per heavy atom. The van der Waals surface area contributed by atoms with Gasteiger partial charge in [-0.05, 0) is 30.7 Å². The molecule has 1 saturated carbocycles. The number of nitrogens with one attached hydrogen (secondary N) is 2. The second kappa shape index (κ2) is 13.6. The molecule has 1 aliphatic heterocycles. The van der Waals surface area contributed by atoms with Gasteiger partial charge in [0.15, 0.2) is 0 Å². The van der Waals surface area contributed by atoms with Crippen LogP contribution in [0.3, 0.4) is 0 Å². The molecule has 0 aromatic heterocycles. The fourth-order valence-corrected chi connectivity index (χ4v) is 5.37. The molecule has 3 rings (SSSR count). The molecule has 1 heterocycles. The summed E-state index contributed by atoms with van der Waals surface area (Å²) in [6.07, 6.45) is 5.81. The zero-order chi connectivity index (χ0) is 27.7. The number of amides is 3. The Labute approximate surface area is 226 Å². The third kappa shape index (κ3) is 8.46. The van der Waals surface area contributed by atoms with E-state index < -0.39 is 24.1 Å². The smallest absolute Gasteiger partial charge is 0.408 e. The quantitative estimate of drug-likeness (QED) is 0.426. The average Bonchev–Trinajstić information content (AvgIpc) is 3.24. The standard InChI is InChI=1S/C29H43N3O6/c1-29(2,3)25(21-13-9-6-10-14-21)38-28(36)30-23(19-20-11-7-5-8-12-20)26(34)31-32-18-17-22(27(32)35)15-16-24(33)37-4/h6,9-10,13-14,20,22-23,25H,5,7-8,11-12,15-19H2,1-4H3,(H,30,36)(H,31,34)/t22-,23-,25?/m0/s1. The van der Waals surface area contributed by atoms with Gasteiger partial charge >= 0.3 is 12.1 Å². The number of hydrazine groups is 1. The Balaban J connectivity index is 1.66. The lowest BCUT2D eigenvalue weighted by atomic mass is 9.84. The number of hydrogen-bond acceptors (Lipinski definition) is 6. The van der Waals surface area contributed by atoms with Gasteiger partial charge in [0.05, 0.1) is 7.11 Å². The minimum absolute atomic E-state index is 0.156. The van der Waals surface area contributed by atoms with Crippen LogP contribution in [0.5, 0.6) is 0 Å². The van der Waals surface area contributed by atoms with Crippen LogP contribution in [0, 0.1) is 17.3 Å². The summed E-state index contributed by atoms with van der Waals surface area (Å²) < 4.78 is 10.6. The van der Waals surface area contributed by atoms with Crippen LogP contribution in [0.25, 0.3) is 0 Å². The summed E-state index contributed by atoms with van der Waals surface area (Å²) in [5.74, 6) is -1.05. The fraction of sp³-hybridized carbons (Fsp3) is 0.655. The fourth-order valence-electron chi connectivity index (χ4n) is 5.37. The van der Waals surface area contributed by atoms with Crippen LogP contribution in [-0.4, -0.2) is 48.6 Å². The Morgan fingerprint density at radius 1 is 1.05 bits per heavy atom. The van der Waals surface area contributed by atoms with Gasteiger partial charge in [-0.2, -0.15) is 0 Å². The van der Waals surface area contributed by atoms with E-state index in [4.69, 9.17) is 4.74 Å². The summed E-state index contributed by atoms with van der Waals surface area (Å²) in [4.78, 5) is 50.8. The van der Waals surface area contributed by atoms with Gasteiger partial charge in [0.1, 0.15) is 12.1 Å². The molecule has 9 nitrogen and oxygen atoms in total. The number of carbonyl (C=O) groups is 4. The summed E-state index contributed by atoms with van der Waals surface area (Å²) in [6.45, 7) is 6.36. The van der Waals surface area contributed by atoms with Crippen LogP contribution in [-0.2, 0) is 23.9 Å². The zero-order valence-electron chi connectivity index (χ0n) is 23.2. The monoisotopic (exact) mass is 529 g/mol. The molecule has 3 amide bonds. The molecule has 2 N–H and O–H groups in total. The molecule has 0 radical (unpaired) electrons. The van der Waals surface area contributed by atoms with Crippen molar-refractivity contribution in [3.63, 3.8) is 0 Å². The van der Waals surface area contributed by atoms with Gasteiger partial charge in [0.25, 0.3) is 5.91 Å². The molecule has 1 saturated heterocycles. The Morgan fingerprint density at radius 2 is 1.74 bits per heavy atom. The number of hydrogen-bond donors (Lipinski definition) is 2. The van der Waals surface area contributed by atoms with Crippen molar-refractivity contribution in [2.45, 2.75) is 90.7 Å². The van der Waals surface area contributed by atoms with Gasteiger partial charge in [-0.25, -0.2) is 4.79 Å². The Hall–Kier alpha value is -3.10. The molecule has 2 fully saturated rings. The highest BCUT2D eigenvalue weighted by Crippen LogP contribution is 2.36. The predicted molar refractivity (Wildman–Crippen MR) is 142 cm³/mol. The largest absolute Gasteiger partial charge is 0.469 e. The molecule has 210 valence electrons. The number of nitrogens with zero attached hydrogens (tertiary/aromatic N) is 1. The summed E-state index contributed by atoms with van der Waals surface area (Å²) in [6, 6.07) is 8.73. The van der Waals surface area contributed by atoms with E-state index in [9.17, 15) is 19.2 Å². The summed E-state index contributed by atoms with van der Waals surface area (Å²) >= 11 is 0. The van der Waals surface area contributed by atoms with E-state index in [1.165, 1.54) is 18.5 Å². The number of carbonyl (C=O) groups excluding carboxylic acids is 4. The van der Waals surface area contributed by atoms with E-state index in [0.717, 1.165) is 31.2 Å². The summed E-state index contributed by atoms with van der Waals surface area (Å²) in [7, 11) is 1.32. The normalized spacial score (nSPS) is 19.9. The first-order chi connectivity index (χ1) is 18.1. The summed E-state index contributed by atoms with van der Waals surface area (Å²) in [5, 5.41) is 4.12. The van der Waals surface area contributed by atoms with E-state index in [-0.39, 0.29) is 29.6 Å². The highest BCUT2D eigenvalue weighted by Gasteiger charge is 2.36. The highest BCUT2D eigenvalue weighted by atomic mass is 16.6. The Kier molecular flexibility index (Phi) is 10.6. The molecule has 1 aromatic rings. The van der Waals surface area contributed by atoms with Crippen molar-refractivity contribution in [1.29, 1.82) is 0 Å². The maximum Gasteiger partial charge on any atom is 0.408 e. The van der Waals surface area contributed by atoms with Gasteiger partial charge in [-0.3, -0.25) is 24.8 Å². The molecule has 1 aromatic carbocycles. The van der Waals surface area contributed by atoms with Gasteiger partial charge in [-0.1, -0.05) is 83.2 Å². The van der Waals surface area contributed by atoms with Crippen LogP contribution < -0.4 is 10.7 Å². The van der Waals surface area contributed by atoms with Gasteiger partial charge in [0, 0.05) is 24.3 Å². The van der Waals surface area contributed by atoms with Crippen LogP contribution in [0.4, 0.5) is 4.79 Å². The van der Waals surface area contributed by atoms with Crippen molar-refractivity contribution in [1.82, 2.24) is 15.8 Å². The molecule has 1 unspecified atom stereocenters. The van der Waals surface area contributed by atoms with Crippen LogP contribution in [0.2, 0.25) is 0 Å². The lowest BCUT2D eigenvalue weighted by Gasteiger charge is -2.32. The highest BCUT2D eigenvalue weighted by molar-refractivity contribution is 5.89. The number of benzene rings is 1. The molecular formula is C29H43N3O6. The maximum absolute atomic E-state index is 13.4. The van der Waals surface area contributed by atoms with Gasteiger partial charge in [-0.15, -0.1) is 0 Å². The van der Waals surface area contributed by atoms with Crippen molar-refractivity contribution < 1.29 is 28.7 Å². The van der Waals surface area contributed by atoms with Crippen molar-refractivity contribution in [2.24, 2.45) is 17.3 Å². The van der Waals surface area contributed by atoms with Crippen LogP contribution >= 0.6 is 0 Å². The minimum Gasteiger partial charge on any atom is -0.469 e. The predicted octanol–water partition coefficient (Wildman–Crippen LogP) is 4.67. The molecule has 0 spiro atoms.